The van der Waals surface area contributed by atoms with Gasteiger partial charge in [0.25, 0.3) is 0 Å². The number of nitrogens with one attached hydrogen (secondary N) is 2. The molecule has 1 aromatic rings. The Morgan fingerprint density at radius 2 is 2.20 bits per heavy atom. The number of hydrogen-bond donors (Lipinski definition) is 3. The molecule has 0 radical (unpaired) electrons. The first-order valence-electron chi connectivity index (χ1n) is 5.33. The molecule has 1 aliphatic heterocycles. The smallest absolute Gasteiger partial charge is 0.0439 e. The molecule has 1 aromatic carbocycles. The summed E-state index contributed by atoms with van der Waals surface area (Å²) in [6.45, 7) is 3.61. The molecule has 1 atom stereocenters. The Morgan fingerprint density at radius 3 is 3.00 bits per heavy atom. The highest BCUT2D eigenvalue weighted by Gasteiger charge is 2.14. The average molecular weight is 203 g/mol. The maximum absolute atomic E-state index is 5.49. The summed E-state index contributed by atoms with van der Waals surface area (Å²) in [5.41, 5.74) is 9.09. The van der Waals surface area contributed by atoms with Crippen molar-refractivity contribution in [3.63, 3.8) is 0 Å². The van der Waals surface area contributed by atoms with Crippen LogP contribution in [0, 0.1) is 0 Å². The molecule has 0 aliphatic carbocycles. The Hall–Kier alpha value is -1.48. The lowest BCUT2D eigenvalue weighted by molar-refractivity contribution is 0.843. The summed E-state index contributed by atoms with van der Waals surface area (Å²) in [6.07, 6.45) is 2.19. The van der Waals surface area contributed by atoms with Crippen LogP contribution < -0.4 is 16.4 Å². The van der Waals surface area contributed by atoms with Crippen LogP contribution in [0.1, 0.15) is 12.5 Å². The van der Waals surface area contributed by atoms with Crippen molar-refractivity contribution in [3.8, 4) is 0 Å². The van der Waals surface area contributed by atoms with Gasteiger partial charge >= 0.3 is 0 Å². The van der Waals surface area contributed by atoms with E-state index in [-0.39, 0.29) is 0 Å². The standard InChI is InChI=1S/C12H17N3/c1-9-8-12(14-7-6-13)10-4-2-3-5-11(10)15-9/h2-5,8-9,14-15H,6-7,13H2,1H3. The topological polar surface area (TPSA) is 50.1 Å². The minimum atomic E-state index is 0.361. The molecule has 1 heterocycles. The minimum absolute atomic E-state index is 0.361. The van der Waals surface area contributed by atoms with Crippen LogP contribution in [0.4, 0.5) is 5.69 Å². The van der Waals surface area contributed by atoms with Gasteiger partial charge in [-0.2, -0.15) is 0 Å². The molecule has 15 heavy (non-hydrogen) atoms. The van der Waals surface area contributed by atoms with Gasteiger partial charge in [0.1, 0.15) is 0 Å². The molecule has 0 fully saturated rings. The highest BCUT2D eigenvalue weighted by molar-refractivity contribution is 5.78. The third-order valence-corrected chi connectivity index (χ3v) is 2.48. The van der Waals surface area contributed by atoms with Crippen molar-refractivity contribution in [1.29, 1.82) is 0 Å². The van der Waals surface area contributed by atoms with Crippen LogP contribution in [0.5, 0.6) is 0 Å². The van der Waals surface area contributed by atoms with Gasteiger partial charge in [-0.15, -0.1) is 0 Å². The molecule has 0 saturated heterocycles. The van der Waals surface area contributed by atoms with E-state index >= 15 is 0 Å². The second-order valence-electron chi connectivity index (χ2n) is 3.77. The highest BCUT2D eigenvalue weighted by atomic mass is 15.0. The fourth-order valence-electron chi connectivity index (χ4n) is 1.83. The second kappa shape index (κ2) is 4.36. The number of rotatable bonds is 3. The molecule has 0 bridgehead atoms. The molecule has 0 aromatic heterocycles. The molecule has 2 rings (SSSR count). The molecule has 3 nitrogen and oxygen atoms in total. The Bertz CT molecular complexity index is 371. The zero-order valence-electron chi connectivity index (χ0n) is 8.96. The quantitative estimate of drug-likeness (QED) is 0.696. The Labute approximate surface area is 90.4 Å². The van der Waals surface area contributed by atoms with Crippen molar-refractivity contribution in [2.75, 3.05) is 18.4 Å². The normalized spacial score (nSPS) is 18.8. The van der Waals surface area contributed by atoms with Crippen LogP contribution in [0.3, 0.4) is 0 Å². The predicted octanol–water partition coefficient (Wildman–Crippen LogP) is 1.39. The first kappa shape index (κ1) is 10.1. The highest BCUT2D eigenvalue weighted by Crippen LogP contribution is 2.27. The van der Waals surface area contributed by atoms with Gasteiger partial charge < -0.3 is 16.4 Å². The number of anilines is 1. The van der Waals surface area contributed by atoms with Crippen LogP contribution in [0.15, 0.2) is 30.3 Å². The van der Waals surface area contributed by atoms with Crippen LogP contribution in [-0.2, 0) is 0 Å². The van der Waals surface area contributed by atoms with Gasteiger partial charge in [0.2, 0.25) is 0 Å². The van der Waals surface area contributed by atoms with E-state index in [2.05, 4.69) is 41.8 Å². The molecular formula is C12H17N3. The summed E-state index contributed by atoms with van der Waals surface area (Å²) < 4.78 is 0. The molecule has 4 N–H and O–H groups in total. The van der Waals surface area contributed by atoms with Crippen molar-refractivity contribution >= 4 is 11.4 Å². The zero-order valence-corrected chi connectivity index (χ0v) is 8.96. The maximum atomic E-state index is 5.49. The van der Waals surface area contributed by atoms with E-state index in [4.69, 9.17) is 5.73 Å². The lowest BCUT2D eigenvalue weighted by atomic mass is 10.0. The molecule has 0 amide bonds. The van der Waals surface area contributed by atoms with Gasteiger partial charge in [-0.05, 0) is 19.1 Å². The average Bonchev–Trinajstić information content (AvgIpc) is 2.25. The van der Waals surface area contributed by atoms with E-state index in [1.807, 2.05) is 6.07 Å². The third-order valence-electron chi connectivity index (χ3n) is 2.48. The van der Waals surface area contributed by atoms with Crippen LogP contribution in [0.2, 0.25) is 0 Å². The number of fused-ring (bicyclic) bond motifs is 1. The molecule has 80 valence electrons. The fourth-order valence-corrected chi connectivity index (χ4v) is 1.83. The maximum Gasteiger partial charge on any atom is 0.0439 e. The number of benzene rings is 1. The van der Waals surface area contributed by atoms with Gasteiger partial charge in [-0.25, -0.2) is 0 Å². The summed E-state index contributed by atoms with van der Waals surface area (Å²) in [4.78, 5) is 0. The van der Waals surface area contributed by atoms with Gasteiger partial charge in [0.15, 0.2) is 0 Å². The minimum Gasteiger partial charge on any atom is -0.383 e. The van der Waals surface area contributed by atoms with Crippen LogP contribution >= 0.6 is 0 Å². The lowest BCUT2D eigenvalue weighted by Gasteiger charge is -2.24. The summed E-state index contributed by atoms with van der Waals surface area (Å²) in [6, 6.07) is 8.67. The number of hydrogen-bond acceptors (Lipinski definition) is 3. The van der Waals surface area contributed by atoms with Crippen molar-refractivity contribution in [3.05, 3.63) is 35.9 Å². The van der Waals surface area contributed by atoms with E-state index in [9.17, 15) is 0 Å². The van der Waals surface area contributed by atoms with Crippen molar-refractivity contribution in [1.82, 2.24) is 5.32 Å². The SMILES string of the molecule is CC1C=C(NCCN)c2ccccc2N1. The van der Waals surface area contributed by atoms with Crippen molar-refractivity contribution in [2.45, 2.75) is 13.0 Å². The summed E-state index contributed by atoms with van der Waals surface area (Å²) in [5.74, 6) is 0. The van der Waals surface area contributed by atoms with Gasteiger partial charge in [-0.3, -0.25) is 0 Å². The molecule has 3 heteroatoms. The van der Waals surface area contributed by atoms with E-state index in [0.29, 0.717) is 12.6 Å². The van der Waals surface area contributed by atoms with E-state index < -0.39 is 0 Å². The Balaban J connectivity index is 2.27. The summed E-state index contributed by atoms with van der Waals surface area (Å²) in [5, 5.41) is 6.77. The molecule has 0 saturated carbocycles. The van der Waals surface area contributed by atoms with Crippen molar-refractivity contribution < 1.29 is 0 Å². The third kappa shape index (κ3) is 2.13. The number of para-hydroxylation sites is 1. The molecular weight excluding hydrogens is 186 g/mol. The first-order chi connectivity index (χ1) is 7.31. The van der Waals surface area contributed by atoms with Crippen LogP contribution in [0.25, 0.3) is 5.70 Å². The Kier molecular flexibility index (Phi) is 2.92. The number of nitrogens with two attached hydrogens (primary N) is 1. The van der Waals surface area contributed by atoms with Gasteiger partial charge in [0, 0.05) is 36.1 Å². The van der Waals surface area contributed by atoms with E-state index in [0.717, 1.165) is 6.54 Å². The predicted molar refractivity (Wildman–Crippen MR) is 64.6 cm³/mol. The second-order valence-corrected chi connectivity index (χ2v) is 3.77. The van der Waals surface area contributed by atoms with E-state index in [1.165, 1.54) is 16.9 Å². The van der Waals surface area contributed by atoms with Crippen molar-refractivity contribution in [2.24, 2.45) is 5.73 Å². The van der Waals surface area contributed by atoms with Crippen LogP contribution in [-0.4, -0.2) is 19.1 Å². The summed E-state index contributed by atoms with van der Waals surface area (Å²) in [7, 11) is 0. The summed E-state index contributed by atoms with van der Waals surface area (Å²) >= 11 is 0. The first-order valence-corrected chi connectivity index (χ1v) is 5.33. The lowest BCUT2D eigenvalue weighted by Crippen LogP contribution is -2.27. The monoisotopic (exact) mass is 203 g/mol. The van der Waals surface area contributed by atoms with Gasteiger partial charge in [0.05, 0.1) is 0 Å². The Morgan fingerprint density at radius 1 is 1.40 bits per heavy atom. The molecule has 0 spiro atoms. The largest absolute Gasteiger partial charge is 0.383 e. The molecule has 1 aliphatic rings. The van der Waals surface area contributed by atoms with Gasteiger partial charge in [-0.1, -0.05) is 18.2 Å². The molecule has 1 unspecified atom stereocenters. The fraction of sp³-hybridized carbons (Fsp3) is 0.333. The zero-order chi connectivity index (χ0) is 10.7. The van der Waals surface area contributed by atoms with E-state index in [1.54, 1.807) is 0 Å².